The molecule has 1 aromatic carbocycles. The smallest absolute Gasteiger partial charge is 0.0465 e. The molecule has 4 heteroatoms. The van der Waals surface area contributed by atoms with E-state index in [2.05, 4.69) is 29.8 Å². The fourth-order valence-corrected chi connectivity index (χ4v) is 2.13. The lowest BCUT2D eigenvalue weighted by Crippen LogP contribution is -2.18. The molecule has 0 aliphatic rings. The standard InChI is InChI=1S/C11H15BrClN.ClH/c1-3-7(2)11(14)9-5-4-8(12)6-10(9)13;/h4-7,11H,3,14H2,1-2H3;1H/t7?,11-;/m1./s1. The first-order valence-electron chi connectivity index (χ1n) is 4.76. The van der Waals surface area contributed by atoms with E-state index in [0.29, 0.717) is 5.92 Å². The highest BCUT2D eigenvalue weighted by Gasteiger charge is 2.15. The van der Waals surface area contributed by atoms with E-state index in [0.717, 1.165) is 21.5 Å². The van der Waals surface area contributed by atoms with Crippen molar-refractivity contribution >= 4 is 39.9 Å². The maximum Gasteiger partial charge on any atom is 0.0465 e. The van der Waals surface area contributed by atoms with Gasteiger partial charge in [0, 0.05) is 15.5 Å². The summed E-state index contributed by atoms with van der Waals surface area (Å²) in [6, 6.07) is 5.88. The van der Waals surface area contributed by atoms with Crippen LogP contribution in [0.1, 0.15) is 31.9 Å². The van der Waals surface area contributed by atoms with Gasteiger partial charge in [0.1, 0.15) is 0 Å². The first kappa shape index (κ1) is 15.2. The van der Waals surface area contributed by atoms with E-state index < -0.39 is 0 Å². The van der Waals surface area contributed by atoms with Crippen LogP contribution in [-0.2, 0) is 0 Å². The minimum atomic E-state index is 0. The van der Waals surface area contributed by atoms with Crippen LogP contribution in [0.3, 0.4) is 0 Å². The molecule has 2 atom stereocenters. The molecule has 0 saturated heterocycles. The summed E-state index contributed by atoms with van der Waals surface area (Å²) in [7, 11) is 0. The molecule has 0 heterocycles. The summed E-state index contributed by atoms with van der Waals surface area (Å²) in [5, 5.41) is 0.743. The molecule has 86 valence electrons. The van der Waals surface area contributed by atoms with Gasteiger partial charge >= 0.3 is 0 Å². The molecule has 0 amide bonds. The van der Waals surface area contributed by atoms with Crippen LogP contribution in [0.15, 0.2) is 22.7 Å². The molecule has 15 heavy (non-hydrogen) atoms. The molecule has 1 rings (SSSR count). The minimum Gasteiger partial charge on any atom is -0.324 e. The summed E-state index contributed by atoms with van der Waals surface area (Å²) in [6.07, 6.45) is 1.06. The monoisotopic (exact) mass is 311 g/mol. The largest absolute Gasteiger partial charge is 0.324 e. The topological polar surface area (TPSA) is 26.0 Å². The van der Waals surface area contributed by atoms with E-state index in [4.69, 9.17) is 17.3 Å². The van der Waals surface area contributed by atoms with Crippen molar-refractivity contribution in [3.8, 4) is 0 Å². The normalized spacial score (nSPS) is 14.2. The average molecular weight is 313 g/mol. The molecular weight excluding hydrogens is 297 g/mol. The Bertz CT molecular complexity index is 317. The molecule has 0 saturated carbocycles. The molecule has 0 aromatic heterocycles. The van der Waals surface area contributed by atoms with Crippen LogP contribution in [0.5, 0.6) is 0 Å². The van der Waals surface area contributed by atoms with Crippen molar-refractivity contribution in [2.75, 3.05) is 0 Å². The van der Waals surface area contributed by atoms with Crippen LogP contribution in [0.2, 0.25) is 5.02 Å². The zero-order valence-electron chi connectivity index (χ0n) is 8.84. The number of nitrogens with two attached hydrogens (primary N) is 1. The number of halogens is 3. The van der Waals surface area contributed by atoms with Gasteiger partial charge in [-0.25, -0.2) is 0 Å². The summed E-state index contributed by atoms with van der Waals surface area (Å²) < 4.78 is 0.989. The second kappa shape index (κ2) is 6.74. The second-order valence-electron chi connectivity index (χ2n) is 3.58. The van der Waals surface area contributed by atoms with Gasteiger partial charge in [0.2, 0.25) is 0 Å². The van der Waals surface area contributed by atoms with Crippen molar-refractivity contribution in [1.82, 2.24) is 0 Å². The van der Waals surface area contributed by atoms with E-state index in [1.54, 1.807) is 0 Å². The summed E-state index contributed by atoms with van der Waals surface area (Å²) in [5.41, 5.74) is 7.13. The molecule has 0 bridgehead atoms. The van der Waals surface area contributed by atoms with Crippen LogP contribution >= 0.6 is 39.9 Å². The molecule has 2 N–H and O–H groups in total. The SMILES string of the molecule is CCC(C)[C@@H](N)c1ccc(Br)cc1Cl.Cl. The number of benzene rings is 1. The highest BCUT2D eigenvalue weighted by molar-refractivity contribution is 9.10. The lowest BCUT2D eigenvalue weighted by atomic mass is 9.93. The summed E-state index contributed by atoms with van der Waals surface area (Å²) >= 11 is 9.49. The van der Waals surface area contributed by atoms with E-state index in [1.807, 2.05) is 18.2 Å². The predicted molar refractivity (Wildman–Crippen MR) is 72.8 cm³/mol. The Kier molecular flexibility index (Phi) is 6.85. The third kappa shape index (κ3) is 3.95. The molecule has 0 aliphatic heterocycles. The summed E-state index contributed by atoms with van der Waals surface area (Å²) in [5.74, 6) is 0.452. The van der Waals surface area contributed by atoms with Gasteiger partial charge in [0.05, 0.1) is 0 Å². The second-order valence-corrected chi connectivity index (χ2v) is 4.90. The van der Waals surface area contributed by atoms with Crippen LogP contribution in [-0.4, -0.2) is 0 Å². The van der Waals surface area contributed by atoms with Crippen molar-refractivity contribution in [1.29, 1.82) is 0 Å². The van der Waals surface area contributed by atoms with Crippen molar-refractivity contribution in [3.05, 3.63) is 33.3 Å². The Morgan fingerprint density at radius 2 is 2.07 bits per heavy atom. The Morgan fingerprint density at radius 3 is 2.53 bits per heavy atom. The quantitative estimate of drug-likeness (QED) is 0.869. The average Bonchev–Trinajstić information content (AvgIpc) is 2.15. The fraction of sp³-hybridized carbons (Fsp3) is 0.455. The maximum absolute atomic E-state index is 6.12. The molecular formula is C11H16BrCl2N. The summed E-state index contributed by atoms with van der Waals surface area (Å²) in [4.78, 5) is 0. The highest BCUT2D eigenvalue weighted by atomic mass is 79.9. The van der Waals surface area contributed by atoms with Gasteiger partial charge in [0.15, 0.2) is 0 Å². The maximum atomic E-state index is 6.12. The third-order valence-corrected chi connectivity index (χ3v) is 3.40. The van der Waals surface area contributed by atoms with E-state index in [-0.39, 0.29) is 18.4 Å². The predicted octanol–water partition coefficient (Wildman–Crippen LogP) is 4.57. The van der Waals surface area contributed by atoms with Gasteiger partial charge in [-0.3, -0.25) is 0 Å². The van der Waals surface area contributed by atoms with Gasteiger partial charge in [-0.05, 0) is 23.6 Å². The Morgan fingerprint density at radius 1 is 1.47 bits per heavy atom. The number of rotatable bonds is 3. The lowest BCUT2D eigenvalue weighted by molar-refractivity contribution is 0.457. The summed E-state index contributed by atoms with van der Waals surface area (Å²) in [6.45, 7) is 4.28. The van der Waals surface area contributed by atoms with E-state index in [1.165, 1.54) is 0 Å². The zero-order chi connectivity index (χ0) is 10.7. The van der Waals surface area contributed by atoms with Crippen LogP contribution in [0.25, 0.3) is 0 Å². The Labute approximate surface area is 111 Å². The highest BCUT2D eigenvalue weighted by Crippen LogP contribution is 2.30. The van der Waals surface area contributed by atoms with Gasteiger partial charge in [0.25, 0.3) is 0 Å². The van der Waals surface area contributed by atoms with Gasteiger partial charge in [-0.1, -0.05) is 53.9 Å². The lowest BCUT2D eigenvalue weighted by Gasteiger charge is -2.19. The van der Waals surface area contributed by atoms with Crippen molar-refractivity contribution < 1.29 is 0 Å². The number of hydrogen-bond donors (Lipinski definition) is 1. The number of hydrogen-bond acceptors (Lipinski definition) is 1. The van der Waals surface area contributed by atoms with Gasteiger partial charge < -0.3 is 5.73 Å². The van der Waals surface area contributed by atoms with Crippen LogP contribution < -0.4 is 5.73 Å². The Balaban J connectivity index is 0.00000196. The van der Waals surface area contributed by atoms with Crippen LogP contribution in [0.4, 0.5) is 0 Å². The van der Waals surface area contributed by atoms with Crippen molar-refractivity contribution in [2.45, 2.75) is 26.3 Å². The molecule has 1 unspecified atom stereocenters. The molecule has 0 aliphatic carbocycles. The van der Waals surface area contributed by atoms with Crippen molar-refractivity contribution in [3.63, 3.8) is 0 Å². The minimum absolute atomic E-state index is 0. The molecule has 0 fully saturated rings. The van der Waals surface area contributed by atoms with Crippen LogP contribution in [0, 0.1) is 5.92 Å². The van der Waals surface area contributed by atoms with Gasteiger partial charge in [-0.2, -0.15) is 0 Å². The molecule has 1 nitrogen and oxygen atoms in total. The van der Waals surface area contributed by atoms with E-state index >= 15 is 0 Å². The first-order chi connectivity index (χ1) is 6.56. The molecule has 0 radical (unpaired) electrons. The molecule has 0 spiro atoms. The Hall–Kier alpha value is 0.240. The molecule has 1 aromatic rings. The van der Waals surface area contributed by atoms with Crippen molar-refractivity contribution in [2.24, 2.45) is 11.7 Å². The van der Waals surface area contributed by atoms with Gasteiger partial charge in [-0.15, -0.1) is 12.4 Å². The first-order valence-corrected chi connectivity index (χ1v) is 5.94. The third-order valence-electron chi connectivity index (χ3n) is 2.58. The van der Waals surface area contributed by atoms with E-state index in [9.17, 15) is 0 Å². The fourth-order valence-electron chi connectivity index (χ4n) is 1.33. The zero-order valence-corrected chi connectivity index (χ0v) is 12.0.